The van der Waals surface area contributed by atoms with Crippen LogP contribution < -0.4 is 0 Å². The molecule has 5 heteroatoms. The highest BCUT2D eigenvalue weighted by Gasteiger charge is 2.33. The number of rotatable bonds is 5. The third-order valence-corrected chi connectivity index (χ3v) is 6.30. The highest BCUT2D eigenvalue weighted by molar-refractivity contribution is 5.83. The van der Waals surface area contributed by atoms with E-state index in [9.17, 15) is 9.59 Å². The fraction of sp³-hybridized carbons (Fsp3) is 0.900. The minimum absolute atomic E-state index is 0.00821. The van der Waals surface area contributed by atoms with Gasteiger partial charge in [0.25, 0.3) is 0 Å². The maximum atomic E-state index is 12.9. The van der Waals surface area contributed by atoms with Crippen LogP contribution >= 0.6 is 0 Å². The zero-order chi connectivity index (χ0) is 17.6. The van der Waals surface area contributed by atoms with Gasteiger partial charge in [0.1, 0.15) is 0 Å². The van der Waals surface area contributed by atoms with Crippen LogP contribution in [-0.4, -0.2) is 61.5 Å². The smallest absolute Gasteiger partial charge is 0.227 e. The molecule has 0 spiro atoms. The van der Waals surface area contributed by atoms with Crippen molar-refractivity contribution in [1.82, 2.24) is 9.80 Å². The van der Waals surface area contributed by atoms with Gasteiger partial charge in [-0.1, -0.05) is 19.3 Å². The molecule has 0 aromatic heterocycles. The third kappa shape index (κ3) is 5.19. The maximum Gasteiger partial charge on any atom is 0.227 e. The molecular formula is C20H34N2O3. The Morgan fingerprint density at radius 3 is 2.52 bits per heavy atom. The van der Waals surface area contributed by atoms with E-state index in [-0.39, 0.29) is 17.7 Å². The molecule has 2 aliphatic heterocycles. The quantitative estimate of drug-likeness (QED) is 0.766. The minimum atomic E-state index is -0.00821. The van der Waals surface area contributed by atoms with Gasteiger partial charge in [-0.25, -0.2) is 0 Å². The number of amides is 2. The second-order valence-electron chi connectivity index (χ2n) is 8.31. The first kappa shape index (κ1) is 18.7. The number of hydrogen-bond acceptors (Lipinski definition) is 3. The molecule has 3 aliphatic rings. The monoisotopic (exact) mass is 350 g/mol. The fourth-order valence-corrected chi connectivity index (χ4v) is 4.69. The summed E-state index contributed by atoms with van der Waals surface area (Å²) in [5.74, 6) is 1.68. The van der Waals surface area contributed by atoms with Crippen LogP contribution in [0.1, 0.15) is 57.8 Å². The molecule has 0 aromatic carbocycles. The van der Waals surface area contributed by atoms with Gasteiger partial charge in [-0.3, -0.25) is 9.59 Å². The van der Waals surface area contributed by atoms with Gasteiger partial charge in [-0.2, -0.15) is 0 Å². The van der Waals surface area contributed by atoms with Crippen LogP contribution in [-0.2, 0) is 14.3 Å². The van der Waals surface area contributed by atoms with E-state index in [0.29, 0.717) is 24.8 Å². The topological polar surface area (TPSA) is 49.9 Å². The van der Waals surface area contributed by atoms with Crippen molar-refractivity contribution >= 4 is 11.8 Å². The summed E-state index contributed by atoms with van der Waals surface area (Å²) in [5.41, 5.74) is 0. The Hall–Kier alpha value is -1.10. The van der Waals surface area contributed by atoms with Crippen LogP contribution in [0, 0.1) is 17.8 Å². The van der Waals surface area contributed by atoms with Gasteiger partial charge in [0, 0.05) is 46.3 Å². The summed E-state index contributed by atoms with van der Waals surface area (Å²) in [6, 6.07) is 0. The van der Waals surface area contributed by atoms with E-state index >= 15 is 0 Å². The van der Waals surface area contributed by atoms with Crippen molar-refractivity contribution in [3.63, 3.8) is 0 Å². The summed E-state index contributed by atoms with van der Waals surface area (Å²) >= 11 is 0. The molecular weight excluding hydrogens is 316 g/mol. The van der Waals surface area contributed by atoms with Crippen molar-refractivity contribution < 1.29 is 14.3 Å². The molecule has 2 saturated heterocycles. The molecule has 2 amide bonds. The van der Waals surface area contributed by atoms with Crippen molar-refractivity contribution in [1.29, 1.82) is 0 Å². The van der Waals surface area contributed by atoms with Gasteiger partial charge in [0.05, 0.1) is 5.92 Å². The van der Waals surface area contributed by atoms with Gasteiger partial charge in [-0.05, 0) is 43.9 Å². The van der Waals surface area contributed by atoms with Crippen molar-refractivity contribution in [3.8, 4) is 0 Å². The molecule has 1 atom stereocenters. The fourth-order valence-electron chi connectivity index (χ4n) is 4.69. The van der Waals surface area contributed by atoms with Crippen LogP contribution in [0.25, 0.3) is 0 Å². The second-order valence-corrected chi connectivity index (χ2v) is 8.31. The molecule has 0 aromatic rings. The van der Waals surface area contributed by atoms with Crippen molar-refractivity contribution in [2.75, 3.05) is 39.9 Å². The molecule has 3 fully saturated rings. The number of ether oxygens (including phenoxy) is 1. The number of carbonyl (C=O) groups is 2. The standard InChI is InChI=1S/C20H34N2O3/c1-21(13-17-9-11-25-12-10-17)20(24)18-7-8-19(23)22(15-18)14-16-5-3-2-4-6-16/h16-18H,2-15H2,1H3. The third-order valence-electron chi connectivity index (χ3n) is 6.30. The zero-order valence-corrected chi connectivity index (χ0v) is 15.8. The largest absolute Gasteiger partial charge is 0.381 e. The summed E-state index contributed by atoms with van der Waals surface area (Å²) < 4.78 is 5.41. The highest BCUT2D eigenvalue weighted by Crippen LogP contribution is 2.27. The lowest BCUT2D eigenvalue weighted by molar-refractivity contribution is -0.143. The highest BCUT2D eigenvalue weighted by atomic mass is 16.5. The SMILES string of the molecule is CN(CC1CCOCC1)C(=O)C1CCC(=O)N(CC2CCCCC2)C1. The Balaban J connectivity index is 1.50. The molecule has 0 N–H and O–H groups in total. The Kier molecular flexibility index (Phi) is 6.74. The van der Waals surface area contributed by atoms with E-state index in [1.54, 1.807) is 0 Å². The lowest BCUT2D eigenvalue weighted by Gasteiger charge is -2.37. The van der Waals surface area contributed by atoms with E-state index in [1.807, 2.05) is 16.8 Å². The van der Waals surface area contributed by atoms with Gasteiger partial charge in [0.2, 0.25) is 11.8 Å². The summed E-state index contributed by atoms with van der Waals surface area (Å²) in [6.07, 6.45) is 9.76. The molecule has 1 unspecified atom stereocenters. The first-order chi connectivity index (χ1) is 12.1. The molecule has 142 valence electrons. The molecule has 0 bridgehead atoms. The van der Waals surface area contributed by atoms with Gasteiger partial charge in [0.15, 0.2) is 0 Å². The van der Waals surface area contributed by atoms with E-state index in [4.69, 9.17) is 4.74 Å². The molecule has 1 aliphatic carbocycles. The number of nitrogens with zero attached hydrogens (tertiary/aromatic N) is 2. The normalized spacial score (nSPS) is 26.7. The first-order valence-corrected chi connectivity index (χ1v) is 10.2. The Morgan fingerprint density at radius 2 is 1.80 bits per heavy atom. The van der Waals surface area contributed by atoms with Crippen LogP contribution in [0.2, 0.25) is 0 Å². The van der Waals surface area contributed by atoms with E-state index in [2.05, 4.69) is 0 Å². The lowest BCUT2D eigenvalue weighted by atomic mass is 9.87. The average Bonchev–Trinajstić information content (AvgIpc) is 2.64. The van der Waals surface area contributed by atoms with Crippen molar-refractivity contribution in [2.24, 2.45) is 17.8 Å². The van der Waals surface area contributed by atoms with E-state index in [0.717, 1.165) is 45.6 Å². The van der Waals surface area contributed by atoms with Crippen molar-refractivity contribution in [3.05, 3.63) is 0 Å². The summed E-state index contributed by atoms with van der Waals surface area (Å²) in [7, 11) is 1.93. The first-order valence-electron chi connectivity index (χ1n) is 10.2. The molecule has 3 rings (SSSR count). The molecule has 0 radical (unpaired) electrons. The van der Waals surface area contributed by atoms with Crippen LogP contribution in [0.4, 0.5) is 0 Å². The second kappa shape index (κ2) is 9.02. The van der Waals surface area contributed by atoms with Gasteiger partial charge >= 0.3 is 0 Å². The van der Waals surface area contributed by atoms with E-state index < -0.39 is 0 Å². The average molecular weight is 351 g/mol. The summed E-state index contributed by atoms with van der Waals surface area (Å²) in [5, 5.41) is 0. The number of hydrogen-bond donors (Lipinski definition) is 0. The summed E-state index contributed by atoms with van der Waals surface area (Å²) in [6.45, 7) is 3.97. The Labute approximate surface area is 152 Å². The Bertz CT molecular complexity index is 456. The number of piperidine rings is 1. The molecule has 5 nitrogen and oxygen atoms in total. The van der Waals surface area contributed by atoms with Crippen molar-refractivity contribution in [2.45, 2.75) is 57.8 Å². The molecule has 2 heterocycles. The van der Waals surface area contributed by atoms with Crippen LogP contribution in [0.15, 0.2) is 0 Å². The number of likely N-dealkylation sites (tertiary alicyclic amines) is 1. The maximum absolute atomic E-state index is 12.9. The van der Waals surface area contributed by atoms with Crippen LogP contribution in [0.3, 0.4) is 0 Å². The Morgan fingerprint density at radius 1 is 1.08 bits per heavy atom. The molecule has 1 saturated carbocycles. The zero-order valence-electron chi connectivity index (χ0n) is 15.8. The minimum Gasteiger partial charge on any atom is -0.381 e. The lowest BCUT2D eigenvalue weighted by Crippen LogP contribution is -2.48. The van der Waals surface area contributed by atoms with Gasteiger partial charge < -0.3 is 14.5 Å². The van der Waals surface area contributed by atoms with Crippen LogP contribution in [0.5, 0.6) is 0 Å². The van der Waals surface area contributed by atoms with Gasteiger partial charge in [-0.15, -0.1) is 0 Å². The predicted octanol–water partition coefficient (Wildman–Crippen LogP) is 2.69. The summed E-state index contributed by atoms with van der Waals surface area (Å²) in [4.78, 5) is 29.1. The number of carbonyl (C=O) groups excluding carboxylic acids is 2. The predicted molar refractivity (Wildman–Crippen MR) is 97.1 cm³/mol. The van der Waals surface area contributed by atoms with E-state index in [1.165, 1.54) is 32.1 Å². The molecule has 25 heavy (non-hydrogen) atoms.